The minimum atomic E-state index is 0.630. The van der Waals surface area contributed by atoms with Gasteiger partial charge in [0, 0.05) is 69.8 Å². The van der Waals surface area contributed by atoms with E-state index in [1.165, 1.54) is 58.8 Å². The van der Waals surface area contributed by atoms with E-state index in [4.69, 9.17) is 15.0 Å². The van der Waals surface area contributed by atoms with Gasteiger partial charge in [0.05, 0.1) is 22.1 Å². The molecule has 0 spiro atoms. The Kier molecular flexibility index (Phi) is 7.41. The van der Waals surface area contributed by atoms with E-state index in [1.807, 2.05) is 18.2 Å². The second kappa shape index (κ2) is 13.3. The largest absolute Gasteiger partial charge is 0.309 e. The van der Waals surface area contributed by atoms with Crippen molar-refractivity contribution in [3.8, 4) is 45.5 Å². The lowest BCUT2D eigenvalue weighted by molar-refractivity contribution is 1.07. The lowest BCUT2D eigenvalue weighted by Crippen LogP contribution is -2.01. The van der Waals surface area contributed by atoms with E-state index >= 15 is 0 Å². The van der Waals surface area contributed by atoms with Crippen LogP contribution in [-0.2, 0) is 0 Å². The highest BCUT2D eigenvalue weighted by Crippen LogP contribution is 2.43. The Morgan fingerprint density at radius 3 is 1.70 bits per heavy atom. The first-order chi connectivity index (χ1) is 30.2. The number of thiophene rings is 1. The number of hydrogen-bond donors (Lipinski definition) is 0. The van der Waals surface area contributed by atoms with E-state index in [0.29, 0.717) is 17.5 Å². The van der Waals surface area contributed by atoms with Gasteiger partial charge in [-0.3, -0.25) is 0 Å². The average Bonchev–Trinajstić information content (AvgIpc) is 3.99. The topological polar surface area (TPSA) is 48.5 Å². The van der Waals surface area contributed by atoms with Gasteiger partial charge in [0.15, 0.2) is 17.5 Å². The molecule has 0 aliphatic heterocycles. The molecule has 0 radical (unpaired) electrons. The molecule has 284 valence electrons. The summed E-state index contributed by atoms with van der Waals surface area (Å²) in [7, 11) is 0. The first-order valence-corrected chi connectivity index (χ1v) is 21.3. The molecule has 6 heteroatoms. The van der Waals surface area contributed by atoms with Crippen molar-refractivity contribution in [2.45, 2.75) is 0 Å². The molecule has 9 aromatic carbocycles. The number of nitrogens with zero attached hydrogens (tertiary/aromatic N) is 5. The fourth-order valence-corrected chi connectivity index (χ4v) is 10.7. The fourth-order valence-electron chi connectivity index (χ4n) is 9.45. The maximum atomic E-state index is 5.29. The summed E-state index contributed by atoms with van der Waals surface area (Å²) < 4.78 is 7.11. The molecular formula is C55H33N5S. The molecule has 4 aromatic heterocycles. The minimum Gasteiger partial charge on any atom is -0.309 e. The lowest BCUT2D eigenvalue weighted by Gasteiger charge is -2.12. The van der Waals surface area contributed by atoms with Crippen LogP contribution in [0.3, 0.4) is 0 Å². The van der Waals surface area contributed by atoms with Crippen LogP contribution in [0.15, 0.2) is 200 Å². The third-order valence-electron chi connectivity index (χ3n) is 12.2. The van der Waals surface area contributed by atoms with Gasteiger partial charge in [-0.25, -0.2) is 15.0 Å². The summed E-state index contributed by atoms with van der Waals surface area (Å²) >= 11 is 1.80. The molecule has 61 heavy (non-hydrogen) atoms. The lowest BCUT2D eigenvalue weighted by atomic mass is 10.0. The molecular weight excluding hydrogens is 763 g/mol. The standard InChI is InChI=1S/C55H33N5S/c1-2-15-35(16-3-1)53-56-54(36-17-12-18-37(32-36)59-46-25-9-6-20-40(46)41-21-7-10-26-47(41)59)58-55(57-53)45-24-13-23-43-42-30-29-38(33-50(42)61-52(43)45)60-48-27-11-8-22-44(48)51-39-19-5-4-14-34(39)28-31-49(51)60/h1-33H. The van der Waals surface area contributed by atoms with Crippen molar-refractivity contribution in [1.29, 1.82) is 0 Å². The summed E-state index contributed by atoms with van der Waals surface area (Å²) in [6.45, 7) is 0. The number of fused-ring (bicyclic) bond motifs is 11. The Hall–Kier alpha value is -7.93. The van der Waals surface area contributed by atoms with Crippen molar-refractivity contribution >= 4 is 85.9 Å². The molecule has 0 bridgehead atoms. The molecule has 13 aromatic rings. The Balaban J connectivity index is 0.987. The molecule has 0 atom stereocenters. The number of aromatic nitrogens is 5. The minimum absolute atomic E-state index is 0.630. The Bertz CT molecular complexity index is 3840. The van der Waals surface area contributed by atoms with Crippen molar-refractivity contribution in [1.82, 2.24) is 24.1 Å². The third-order valence-corrected chi connectivity index (χ3v) is 13.4. The normalized spacial score (nSPS) is 11.9. The number of hydrogen-bond acceptors (Lipinski definition) is 4. The highest BCUT2D eigenvalue weighted by atomic mass is 32.1. The van der Waals surface area contributed by atoms with E-state index in [-0.39, 0.29) is 0 Å². The highest BCUT2D eigenvalue weighted by Gasteiger charge is 2.20. The van der Waals surface area contributed by atoms with Crippen LogP contribution >= 0.6 is 11.3 Å². The first-order valence-electron chi connectivity index (χ1n) is 20.5. The second-order valence-corrected chi connectivity index (χ2v) is 16.6. The number of rotatable bonds is 5. The summed E-state index contributed by atoms with van der Waals surface area (Å²) in [5.74, 6) is 1.92. The van der Waals surface area contributed by atoms with E-state index in [9.17, 15) is 0 Å². The van der Waals surface area contributed by atoms with Crippen molar-refractivity contribution in [3.63, 3.8) is 0 Å². The van der Waals surface area contributed by atoms with Gasteiger partial charge in [-0.2, -0.15) is 0 Å². The van der Waals surface area contributed by atoms with E-state index in [2.05, 4.69) is 191 Å². The van der Waals surface area contributed by atoms with Gasteiger partial charge in [-0.15, -0.1) is 11.3 Å². The second-order valence-electron chi connectivity index (χ2n) is 15.6. The molecule has 0 saturated heterocycles. The SMILES string of the molecule is c1ccc(-c2nc(-c3cccc(-n4c5ccccc5c5ccccc54)c3)nc(-c3cccc4c3sc3cc(-n5c6ccccc6c6c7ccccc7ccc65)ccc34)n2)cc1. The zero-order chi connectivity index (χ0) is 40.0. The van der Waals surface area contributed by atoms with Crippen LogP contribution < -0.4 is 0 Å². The van der Waals surface area contributed by atoms with Gasteiger partial charge >= 0.3 is 0 Å². The molecule has 5 nitrogen and oxygen atoms in total. The van der Waals surface area contributed by atoms with Crippen LogP contribution in [-0.4, -0.2) is 24.1 Å². The number of benzene rings is 9. The molecule has 0 saturated carbocycles. The van der Waals surface area contributed by atoms with Gasteiger partial charge in [0.25, 0.3) is 0 Å². The van der Waals surface area contributed by atoms with Crippen LogP contribution in [0.25, 0.3) is 120 Å². The summed E-state index contributed by atoms with van der Waals surface area (Å²) in [5, 5.41) is 9.92. The summed E-state index contributed by atoms with van der Waals surface area (Å²) in [5.41, 5.74) is 9.77. The fraction of sp³-hybridized carbons (Fsp3) is 0. The zero-order valence-corrected chi connectivity index (χ0v) is 33.5. The molecule has 0 amide bonds. The molecule has 0 N–H and O–H groups in total. The Morgan fingerprint density at radius 2 is 0.918 bits per heavy atom. The predicted octanol–water partition coefficient (Wildman–Crippen LogP) is 14.6. The van der Waals surface area contributed by atoms with Gasteiger partial charge in [0.2, 0.25) is 0 Å². The van der Waals surface area contributed by atoms with Gasteiger partial charge in [0.1, 0.15) is 0 Å². The van der Waals surface area contributed by atoms with Crippen molar-refractivity contribution in [2.24, 2.45) is 0 Å². The molecule has 0 fully saturated rings. The quantitative estimate of drug-likeness (QED) is 0.174. The van der Waals surface area contributed by atoms with E-state index in [0.717, 1.165) is 43.8 Å². The molecule has 13 rings (SSSR count). The van der Waals surface area contributed by atoms with Crippen LogP contribution in [0.5, 0.6) is 0 Å². The Morgan fingerprint density at radius 1 is 0.344 bits per heavy atom. The predicted molar refractivity (Wildman–Crippen MR) is 255 cm³/mol. The third kappa shape index (κ3) is 5.22. The highest BCUT2D eigenvalue weighted by molar-refractivity contribution is 7.26. The maximum Gasteiger partial charge on any atom is 0.165 e. The molecule has 0 aliphatic rings. The van der Waals surface area contributed by atoms with Gasteiger partial charge < -0.3 is 9.13 Å². The van der Waals surface area contributed by atoms with Gasteiger partial charge in [-0.1, -0.05) is 146 Å². The molecule has 4 heterocycles. The summed E-state index contributed by atoms with van der Waals surface area (Å²) in [6, 6.07) is 71.3. The van der Waals surface area contributed by atoms with E-state index < -0.39 is 0 Å². The van der Waals surface area contributed by atoms with Crippen LogP contribution in [0.2, 0.25) is 0 Å². The van der Waals surface area contributed by atoms with Gasteiger partial charge in [-0.05, 0) is 65.4 Å². The van der Waals surface area contributed by atoms with Crippen molar-refractivity contribution < 1.29 is 0 Å². The summed E-state index contributed by atoms with van der Waals surface area (Å²) in [6.07, 6.45) is 0. The smallest absolute Gasteiger partial charge is 0.165 e. The zero-order valence-electron chi connectivity index (χ0n) is 32.7. The molecule has 0 aliphatic carbocycles. The Labute approximate surface area is 354 Å². The summed E-state index contributed by atoms with van der Waals surface area (Å²) in [4.78, 5) is 15.6. The van der Waals surface area contributed by atoms with Crippen LogP contribution in [0.1, 0.15) is 0 Å². The number of para-hydroxylation sites is 3. The maximum absolute atomic E-state index is 5.29. The average molecular weight is 796 g/mol. The van der Waals surface area contributed by atoms with Crippen LogP contribution in [0.4, 0.5) is 0 Å². The van der Waals surface area contributed by atoms with Crippen LogP contribution in [0, 0.1) is 0 Å². The first kappa shape index (κ1) is 34.0. The van der Waals surface area contributed by atoms with E-state index in [1.54, 1.807) is 11.3 Å². The van der Waals surface area contributed by atoms with Crippen molar-refractivity contribution in [2.75, 3.05) is 0 Å². The molecule has 0 unspecified atom stereocenters. The monoisotopic (exact) mass is 795 g/mol. The van der Waals surface area contributed by atoms with Crippen molar-refractivity contribution in [3.05, 3.63) is 200 Å².